The first-order valence-corrected chi connectivity index (χ1v) is 10.6. The lowest BCUT2D eigenvalue weighted by atomic mass is 10.1. The molecular weight excluding hydrogens is 400 g/mol. The van der Waals surface area contributed by atoms with Crippen LogP contribution in [-0.4, -0.2) is 56.6 Å². The van der Waals surface area contributed by atoms with Gasteiger partial charge in [-0.05, 0) is 30.5 Å². The molecule has 4 rings (SSSR count). The van der Waals surface area contributed by atoms with Crippen LogP contribution in [-0.2, 0) is 35.6 Å². The molecule has 2 aliphatic heterocycles. The van der Waals surface area contributed by atoms with E-state index < -0.39 is 0 Å². The number of rotatable bonds is 5. The summed E-state index contributed by atoms with van der Waals surface area (Å²) < 4.78 is 2.90. The van der Waals surface area contributed by atoms with E-state index in [4.69, 9.17) is 0 Å². The first-order valence-electron chi connectivity index (χ1n) is 10.6. The van der Waals surface area contributed by atoms with Gasteiger partial charge in [0.2, 0.25) is 11.8 Å². The Morgan fingerprint density at radius 1 is 1.06 bits per heavy atom. The zero-order valence-electron chi connectivity index (χ0n) is 17.3. The molecule has 3 amide bonds. The summed E-state index contributed by atoms with van der Waals surface area (Å²) >= 11 is 0. The summed E-state index contributed by atoms with van der Waals surface area (Å²) in [5, 5.41) is 9.80. The Morgan fingerprint density at radius 2 is 1.87 bits per heavy atom. The molecule has 1 aromatic heterocycles. The van der Waals surface area contributed by atoms with Gasteiger partial charge in [-0.15, -0.1) is 0 Å². The van der Waals surface area contributed by atoms with E-state index in [9.17, 15) is 19.2 Å². The van der Waals surface area contributed by atoms with Crippen LogP contribution in [0.25, 0.3) is 0 Å². The van der Waals surface area contributed by atoms with E-state index in [0.717, 1.165) is 37.1 Å². The monoisotopic (exact) mass is 426 g/mol. The number of hydrogen-bond acceptors (Lipinski definition) is 5. The average Bonchev–Trinajstić information content (AvgIpc) is 2.93. The van der Waals surface area contributed by atoms with Gasteiger partial charge in [0.25, 0.3) is 5.91 Å². The molecule has 0 aliphatic carbocycles. The molecule has 10 heteroatoms. The van der Waals surface area contributed by atoms with Crippen molar-refractivity contribution in [1.29, 1.82) is 0 Å². The number of carbonyl (C=O) groups is 3. The highest BCUT2D eigenvalue weighted by Crippen LogP contribution is 2.11. The molecule has 0 atom stereocenters. The van der Waals surface area contributed by atoms with Crippen molar-refractivity contribution in [2.24, 2.45) is 0 Å². The first-order chi connectivity index (χ1) is 15.0. The van der Waals surface area contributed by atoms with Crippen molar-refractivity contribution < 1.29 is 14.4 Å². The summed E-state index contributed by atoms with van der Waals surface area (Å²) in [4.78, 5) is 50.2. The molecule has 2 N–H and O–H groups in total. The first kappa shape index (κ1) is 20.8. The lowest BCUT2D eigenvalue weighted by Gasteiger charge is -2.26. The predicted molar refractivity (Wildman–Crippen MR) is 111 cm³/mol. The highest BCUT2D eigenvalue weighted by atomic mass is 16.2. The van der Waals surface area contributed by atoms with Crippen LogP contribution in [0.2, 0.25) is 0 Å². The summed E-state index contributed by atoms with van der Waals surface area (Å²) in [6.07, 6.45) is 3.80. The molecule has 0 radical (unpaired) electrons. The number of carbonyl (C=O) groups excluding carboxylic acids is 3. The second-order valence-corrected chi connectivity index (χ2v) is 7.87. The number of nitrogens with one attached hydrogen (secondary N) is 2. The van der Waals surface area contributed by atoms with Gasteiger partial charge in [-0.25, -0.2) is 9.48 Å². The normalized spacial score (nSPS) is 16.3. The summed E-state index contributed by atoms with van der Waals surface area (Å²) in [7, 11) is 0. The molecule has 3 heterocycles. The van der Waals surface area contributed by atoms with Crippen LogP contribution in [0.15, 0.2) is 29.1 Å². The Labute approximate surface area is 179 Å². The van der Waals surface area contributed by atoms with Gasteiger partial charge in [-0.1, -0.05) is 18.6 Å². The molecule has 0 spiro atoms. The summed E-state index contributed by atoms with van der Waals surface area (Å²) in [5.74, 6) is 0.105. The Bertz CT molecular complexity index is 1040. The van der Waals surface area contributed by atoms with E-state index in [1.54, 1.807) is 28.8 Å². The Kier molecular flexibility index (Phi) is 6.15. The lowest BCUT2D eigenvalue weighted by molar-refractivity contribution is -0.123. The van der Waals surface area contributed by atoms with Gasteiger partial charge < -0.3 is 15.5 Å². The third-order valence-corrected chi connectivity index (χ3v) is 5.59. The minimum Gasteiger partial charge on any atom is -0.353 e. The number of aryl methyl sites for hydroxylation is 1. The minimum absolute atomic E-state index is 0.0630. The van der Waals surface area contributed by atoms with E-state index >= 15 is 0 Å². The van der Waals surface area contributed by atoms with Crippen LogP contribution in [0.3, 0.4) is 0 Å². The number of nitrogens with zero attached hydrogens (tertiary/aromatic N) is 4. The molecule has 0 unspecified atom stereocenters. The van der Waals surface area contributed by atoms with Crippen LogP contribution in [0.5, 0.6) is 0 Å². The van der Waals surface area contributed by atoms with Crippen LogP contribution in [0, 0.1) is 0 Å². The predicted octanol–water partition coefficient (Wildman–Crippen LogP) is -0.340. The molecule has 164 valence electrons. The maximum atomic E-state index is 12.5. The number of hydrogen-bond donors (Lipinski definition) is 2. The number of amides is 3. The second kappa shape index (κ2) is 9.15. The summed E-state index contributed by atoms with van der Waals surface area (Å²) in [5.41, 5.74) is 1.09. The van der Waals surface area contributed by atoms with Gasteiger partial charge in [-0.2, -0.15) is 5.10 Å². The quantitative estimate of drug-likeness (QED) is 0.678. The SMILES string of the molecule is O=C1CN(C(=O)c2ccc(CNC(=O)Cn3nc4n(c3=O)CCCCC4)cc2)CCN1. The smallest absolute Gasteiger partial charge is 0.346 e. The number of fused-ring (bicyclic) bond motifs is 1. The fraction of sp³-hybridized carbons (Fsp3) is 0.476. The Morgan fingerprint density at radius 3 is 2.65 bits per heavy atom. The van der Waals surface area contributed by atoms with Gasteiger partial charge in [-0.3, -0.25) is 19.0 Å². The fourth-order valence-electron chi connectivity index (χ4n) is 3.88. The van der Waals surface area contributed by atoms with Crippen LogP contribution < -0.4 is 16.3 Å². The van der Waals surface area contributed by atoms with Crippen molar-refractivity contribution in [3.05, 3.63) is 51.7 Å². The topological polar surface area (TPSA) is 118 Å². The van der Waals surface area contributed by atoms with Crippen LogP contribution in [0.1, 0.15) is 41.0 Å². The fourth-order valence-corrected chi connectivity index (χ4v) is 3.88. The van der Waals surface area contributed by atoms with E-state index in [-0.39, 0.29) is 43.0 Å². The van der Waals surface area contributed by atoms with Crippen molar-refractivity contribution in [2.45, 2.75) is 45.3 Å². The molecule has 2 aliphatic rings. The highest BCUT2D eigenvalue weighted by Gasteiger charge is 2.22. The minimum atomic E-state index is -0.296. The van der Waals surface area contributed by atoms with Gasteiger partial charge in [0.1, 0.15) is 12.4 Å². The number of aromatic nitrogens is 3. The molecule has 0 bridgehead atoms. The molecular formula is C21H26N6O4. The van der Waals surface area contributed by atoms with E-state index in [2.05, 4.69) is 15.7 Å². The number of piperazine rings is 1. The third kappa shape index (κ3) is 4.84. The molecule has 31 heavy (non-hydrogen) atoms. The maximum absolute atomic E-state index is 12.5. The molecule has 2 aromatic rings. The average molecular weight is 426 g/mol. The van der Waals surface area contributed by atoms with Crippen molar-refractivity contribution in [3.63, 3.8) is 0 Å². The maximum Gasteiger partial charge on any atom is 0.346 e. The van der Waals surface area contributed by atoms with E-state index in [0.29, 0.717) is 25.2 Å². The third-order valence-electron chi connectivity index (χ3n) is 5.59. The van der Waals surface area contributed by atoms with Crippen molar-refractivity contribution >= 4 is 17.7 Å². The highest BCUT2D eigenvalue weighted by molar-refractivity contribution is 5.97. The zero-order valence-corrected chi connectivity index (χ0v) is 17.3. The summed E-state index contributed by atoms with van der Waals surface area (Å²) in [6.45, 7) is 1.82. The van der Waals surface area contributed by atoms with E-state index in [1.807, 2.05) is 0 Å². The van der Waals surface area contributed by atoms with Crippen LogP contribution >= 0.6 is 0 Å². The molecule has 0 saturated carbocycles. The lowest BCUT2D eigenvalue weighted by Crippen LogP contribution is -2.49. The molecule has 1 fully saturated rings. The molecule has 1 saturated heterocycles. The Balaban J connectivity index is 1.31. The van der Waals surface area contributed by atoms with Gasteiger partial charge >= 0.3 is 5.69 Å². The Hall–Kier alpha value is -3.43. The number of benzene rings is 1. The summed E-state index contributed by atoms with van der Waals surface area (Å²) in [6, 6.07) is 6.91. The van der Waals surface area contributed by atoms with E-state index in [1.165, 1.54) is 9.58 Å². The zero-order chi connectivity index (χ0) is 21.8. The van der Waals surface area contributed by atoms with Crippen LogP contribution in [0.4, 0.5) is 0 Å². The molecule has 1 aromatic carbocycles. The van der Waals surface area contributed by atoms with Crippen molar-refractivity contribution in [1.82, 2.24) is 29.9 Å². The van der Waals surface area contributed by atoms with Crippen molar-refractivity contribution in [3.8, 4) is 0 Å². The molecule has 10 nitrogen and oxygen atoms in total. The van der Waals surface area contributed by atoms with Crippen molar-refractivity contribution in [2.75, 3.05) is 19.6 Å². The van der Waals surface area contributed by atoms with Gasteiger partial charge in [0, 0.05) is 38.2 Å². The van der Waals surface area contributed by atoms with Gasteiger partial charge in [0.05, 0.1) is 6.54 Å². The standard InChI is InChI=1S/C21H26N6O4/c28-18-13-25(11-9-22-18)20(30)16-7-5-15(6-8-16)12-23-19(29)14-27-21(31)26-10-3-1-2-4-17(26)24-27/h5-8H,1-4,9-14H2,(H,22,28)(H,23,29). The second-order valence-electron chi connectivity index (χ2n) is 7.87. The van der Waals surface area contributed by atoms with Gasteiger partial charge in [0.15, 0.2) is 0 Å². The largest absolute Gasteiger partial charge is 0.353 e.